The number of hydrogen-bond acceptors (Lipinski definition) is 7. The summed E-state index contributed by atoms with van der Waals surface area (Å²) in [6.45, 7) is 1.80. The van der Waals surface area contributed by atoms with Gasteiger partial charge in [0.05, 0.1) is 4.92 Å². The maximum atomic E-state index is 11.0. The fourth-order valence-electron chi connectivity index (χ4n) is 1.85. The van der Waals surface area contributed by atoms with E-state index in [0.717, 1.165) is 11.1 Å². The van der Waals surface area contributed by atoms with Crippen molar-refractivity contribution in [2.24, 2.45) is 0 Å². The minimum absolute atomic E-state index is 0.0264. The molecule has 0 unspecified atom stereocenters. The Hall–Kier alpha value is -2.74. The van der Waals surface area contributed by atoms with Gasteiger partial charge >= 0.3 is 5.69 Å². The third kappa shape index (κ3) is 2.96. The van der Waals surface area contributed by atoms with Crippen molar-refractivity contribution in [3.05, 3.63) is 56.6 Å². The average molecular weight is 317 g/mol. The Kier molecular flexibility index (Phi) is 3.84. The number of thiophene rings is 1. The maximum Gasteiger partial charge on any atom is 0.310 e. The van der Waals surface area contributed by atoms with Gasteiger partial charge in [-0.3, -0.25) is 10.1 Å². The molecule has 1 aromatic carbocycles. The molecule has 0 amide bonds. The van der Waals surface area contributed by atoms with E-state index in [2.05, 4.69) is 10.1 Å². The monoisotopic (exact) mass is 317 g/mol. The van der Waals surface area contributed by atoms with E-state index in [0.29, 0.717) is 5.82 Å². The molecule has 3 rings (SSSR count). The number of nitro groups is 1. The quantitative estimate of drug-likeness (QED) is 0.527. The van der Waals surface area contributed by atoms with Crippen molar-refractivity contribution >= 4 is 17.0 Å². The molecule has 22 heavy (non-hydrogen) atoms. The zero-order valence-corrected chi connectivity index (χ0v) is 12.4. The second kappa shape index (κ2) is 5.94. The van der Waals surface area contributed by atoms with Crippen molar-refractivity contribution in [2.75, 3.05) is 0 Å². The van der Waals surface area contributed by atoms with Crippen molar-refractivity contribution in [2.45, 2.75) is 13.5 Å². The van der Waals surface area contributed by atoms with E-state index in [9.17, 15) is 10.1 Å². The largest absolute Gasteiger partial charge is 0.477 e. The fourth-order valence-corrected chi connectivity index (χ4v) is 2.48. The Morgan fingerprint density at radius 2 is 2.27 bits per heavy atom. The van der Waals surface area contributed by atoms with Crippen LogP contribution in [0.15, 0.2) is 39.5 Å². The number of aromatic nitrogens is 2. The average Bonchev–Trinajstić information content (AvgIpc) is 3.16. The lowest BCUT2D eigenvalue weighted by atomic mass is 10.2. The highest BCUT2D eigenvalue weighted by atomic mass is 32.1. The molecule has 0 saturated carbocycles. The minimum Gasteiger partial charge on any atom is -0.477 e. The van der Waals surface area contributed by atoms with E-state index in [-0.39, 0.29) is 23.9 Å². The van der Waals surface area contributed by atoms with Gasteiger partial charge in [-0.05, 0) is 30.0 Å². The first-order chi connectivity index (χ1) is 10.6. The van der Waals surface area contributed by atoms with Crippen molar-refractivity contribution in [1.82, 2.24) is 10.1 Å². The van der Waals surface area contributed by atoms with Gasteiger partial charge in [0.1, 0.15) is 0 Å². The standard InChI is InChI=1S/C14H11N3O4S/c1-9-2-3-11(17(18)19)12(6-9)20-7-13-15-14(16-21-13)10-4-5-22-8-10/h2-6,8H,7H2,1H3. The molecule has 0 atom stereocenters. The van der Waals surface area contributed by atoms with Crippen molar-refractivity contribution < 1.29 is 14.2 Å². The van der Waals surface area contributed by atoms with Crippen LogP contribution < -0.4 is 4.74 Å². The molecule has 0 bridgehead atoms. The van der Waals surface area contributed by atoms with Crippen LogP contribution in [0.2, 0.25) is 0 Å². The summed E-state index contributed by atoms with van der Waals surface area (Å²) in [4.78, 5) is 14.7. The van der Waals surface area contributed by atoms with Crippen LogP contribution in [0.5, 0.6) is 5.75 Å². The first kappa shape index (κ1) is 14.2. The Bertz CT molecular complexity index is 798. The molecule has 2 heterocycles. The summed E-state index contributed by atoms with van der Waals surface area (Å²) >= 11 is 1.53. The molecule has 2 aromatic heterocycles. The first-order valence-electron chi connectivity index (χ1n) is 6.36. The van der Waals surface area contributed by atoms with Crippen LogP contribution in [0.4, 0.5) is 5.69 Å². The first-order valence-corrected chi connectivity index (χ1v) is 7.31. The lowest BCUT2D eigenvalue weighted by Gasteiger charge is -2.04. The molecule has 0 radical (unpaired) electrons. The van der Waals surface area contributed by atoms with Crippen LogP contribution in [-0.2, 0) is 6.61 Å². The molecule has 0 N–H and O–H groups in total. The van der Waals surface area contributed by atoms with E-state index in [4.69, 9.17) is 9.26 Å². The third-order valence-corrected chi connectivity index (χ3v) is 3.59. The van der Waals surface area contributed by atoms with Gasteiger partial charge in [-0.1, -0.05) is 11.2 Å². The highest BCUT2D eigenvalue weighted by Crippen LogP contribution is 2.28. The van der Waals surface area contributed by atoms with Crippen molar-refractivity contribution in [1.29, 1.82) is 0 Å². The molecular formula is C14H11N3O4S. The summed E-state index contributed by atoms with van der Waals surface area (Å²) in [5, 5.41) is 18.7. The topological polar surface area (TPSA) is 91.3 Å². The molecule has 8 heteroatoms. The molecule has 0 aliphatic rings. The Morgan fingerprint density at radius 1 is 1.41 bits per heavy atom. The van der Waals surface area contributed by atoms with Gasteiger partial charge in [0.2, 0.25) is 5.82 Å². The summed E-state index contributed by atoms with van der Waals surface area (Å²) in [7, 11) is 0. The highest BCUT2D eigenvalue weighted by molar-refractivity contribution is 7.08. The summed E-state index contributed by atoms with van der Waals surface area (Å²) in [5.74, 6) is 0.913. The molecule has 0 aliphatic carbocycles. The molecular weight excluding hydrogens is 306 g/mol. The SMILES string of the molecule is Cc1ccc([N+](=O)[O-])c(OCc2nc(-c3ccsc3)no2)c1. The Labute approximate surface area is 129 Å². The van der Waals surface area contributed by atoms with Gasteiger partial charge < -0.3 is 9.26 Å². The van der Waals surface area contributed by atoms with E-state index in [1.54, 1.807) is 12.1 Å². The van der Waals surface area contributed by atoms with Gasteiger partial charge in [-0.2, -0.15) is 16.3 Å². The number of nitro benzene ring substituents is 1. The van der Waals surface area contributed by atoms with Crippen LogP contribution in [0.3, 0.4) is 0 Å². The van der Waals surface area contributed by atoms with E-state index >= 15 is 0 Å². The maximum absolute atomic E-state index is 11.0. The molecule has 0 saturated heterocycles. The summed E-state index contributed by atoms with van der Waals surface area (Å²) in [6, 6.07) is 6.56. The molecule has 0 fully saturated rings. The zero-order valence-electron chi connectivity index (χ0n) is 11.6. The lowest BCUT2D eigenvalue weighted by Crippen LogP contribution is -1.99. The Balaban J connectivity index is 1.76. The fraction of sp³-hybridized carbons (Fsp3) is 0.143. The summed E-state index contributed by atoms with van der Waals surface area (Å²) < 4.78 is 10.6. The second-order valence-electron chi connectivity index (χ2n) is 4.54. The highest BCUT2D eigenvalue weighted by Gasteiger charge is 2.16. The van der Waals surface area contributed by atoms with Gasteiger partial charge in [0.15, 0.2) is 12.4 Å². The molecule has 7 nitrogen and oxygen atoms in total. The normalized spacial score (nSPS) is 10.6. The minimum atomic E-state index is -0.487. The third-order valence-electron chi connectivity index (χ3n) is 2.91. The number of hydrogen-bond donors (Lipinski definition) is 0. The second-order valence-corrected chi connectivity index (χ2v) is 5.32. The number of ether oxygens (including phenoxy) is 1. The van der Waals surface area contributed by atoms with Crippen LogP contribution >= 0.6 is 11.3 Å². The number of aryl methyl sites for hydroxylation is 1. The van der Waals surface area contributed by atoms with Crippen molar-refractivity contribution in [3.63, 3.8) is 0 Å². The summed E-state index contributed by atoms with van der Waals surface area (Å²) in [5.41, 5.74) is 1.63. The zero-order chi connectivity index (χ0) is 15.5. The van der Waals surface area contributed by atoms with Crippen LogP contribution in [0.1, 0.15) is 11.5 Å². The van der Waals surface area contributed by atoms with E-state index in [1.165, 1.54) is 17.4 Å². The summed E-state index contributed by atoms with van der Waals surface area (Å²) in [6.07, 6.45) is 0. The smallest absolute Gasteiger partial charge is 0.310 e. The number of nitrogens with zero attached hydrogens (tertiary/aromatic N) is 3. The van der Waals surface area contributed by atoms with Gasteiger partial charge in [-0.15, -0.1) is 0 Å². The predicted octanol–water partition coefficient (Wildman–Crippen LogP) is 3.59. The molecule has 0 aliphatic heterocycles. The molecule has 0 spiro atoms. The predicted molar refractivity (Wildman–Crippen MR) is 79.8 cm³/mol. The van der Waals surface area contributed by atoms with Gasteiger partial charge in [-0.25, -0.2) is 0 Å². The lowest BCUT2D eigenvalue weighted by molar-refractivity contribution is -0.386. The van der Waals surface area contributed by atoms with Gasteiger partial charge in [0, 0.05) is 17.0 Å². The number of rotatable bonds is 5. The molecule has 3 aromatic rings. The molecule has 112 valence electrons. The van der Waals surface area contributed by atoms with Gasteiger partial charge in [0.25, 0.3) is 5.89 Å². The van der Waals surface area contributed by atoms with Crippen LogP contribution in [-0.4, -0.2) is 15.1 Å². The van der Waals surface area contributed by atoms with E-state index < -0.39 is 4.92 Å². The Morgan fingerprint density at radius 3 is 3.00 bits per heavy atom. The van der Waals surface area contributed by atoms with Crippen molar-refractivity contribution in [3.8, 4) is 17.1 Å². The van der Waals surface area contributed by atoms with Crippen LogP contribution in [0.25, 0.3) is 11.4 Å². The van der Waals surface area contributed by atoms with E-state index in [1.807, 2.05) is 23.8 Å². The van der Waals surface area contributed by atoms with Crippen LogP contribution in [0, 0.1) is 17.0 Å². The number of benzene rings is 1.